The maximum Gasteiger partial charge on any atom is 0.253 e. The number of rotatable bonds is 16. The number of nitrogens with zero attached hydrogens (tertiary/aromatic N) is 2. The number of unbranched alkanes of at least 4 members (excludes halogenated alkanes) is 1. The largest absolute Gasteiger partial charge is 0.508 e. The van der Waals surface area contributed by atoms with E-state index in [1.54, 1.807) is 24.3 Å². The van der Waals surface area contributed by atoms with Gasteiger partial charge in [0.15, 0.2) is 44.0 Å². The van der Waals surface area contributed by atoms with Gasteiger partial charge in [-0.05, 0) is 55.8 Å². The molecule has 99 heavy (non-hydrogen) atoms. The van der Waals surface area contributed by atoms with Crippen LogP contribution in [0.1, 0.15) is 23.2 Å². The summed E-state index contributed by atoms with van der Waals surface area (Å²) in [6.07, 6.45) is -69.9. The number of aliphatic hydroxyl groups excluding tert-OH is 20. The fourth-order valence-corrected chi connectivity index (χ4v) is 12.7. The average molecular weight is 1430 g/mol. The van der Waals surface area contributed by atoms with Crippen molar-refractivity contribution in [3.8, 4) is 5.75 Å². The van der Waals surface area contributed by atoms with E-state index in [0.29, 0.717) is 18.5 Å². The van der Waals surface area contributed by atoms with Crippen molar-refractivity contribution in [3.63, 3.8) is 0 Å². The maximum absolute atomic E-state index is 13.3. The van der Waals surface area contributed by atoms with E-state index in [-0.39, 0.29) is 36.6 Å². The molecule has 0 spiro atoms. The number of carbonyl (C=O) groups excluding carboxylic acids is 1. The van der Waals surface area contributed by atoms with Gasteiger partial charge in [-0.3, -0.25) is 4.79 Å². The smallest absolute Gasteiger partial charge is 0.253 e. The van der Waals surface area contributed by atoms with Gasteiger partial charge >= 0.3 is 0 Å². The molecule has 40 nitrogen and oxygen atoms in total. The third kappa shape index (κ3) is 17.0. The van der Waals surface area contributed by atoms with Crippen molar-refractivity contribution < 1.29 is 178 Å². The van der Waals surface area contributed by atoms with Gasteiger partial charge in [0.25, 0.3) is 5.91 Å². The standard InChI is InChI=1S/C59H88N4O36/c64-14-25-46-33(73)40(80)55(88-25)96-48-27(16-66)90-57(42(82)35(48)75)98-50-29(18-68)92-59(44(84)37(50)77)99-51-30(19-69)91-58(43(83)36(51)76)97-49-28(17-67)89-56(41(81)34(49)74)95-47-26(15-65)87-54(39(79)32(47)72)93-45-24(86-53(94-46)38(78)31(45)71)13-60-11-3-4-12-61-52(85)22-5-1-2-6-23(22)63-62-20-7-9-21(70)10-8-20/h1-2,5-10,24-51,53-60,64-84H,3-4,11-19H2,(H,61,85)/t24-,25-,26-,27-,28-,29-,30-,31-,32-,33-,34-,35-,36-,37-,38-,39-,40-,41-,42-,43-,44-,45-,46-,47-,48-,49-,50-,51-,53-,54-,55-,56-,57-,58-,59-/m1/s1. The fraction of sp³-hybridized carbons (Fsp3) is 0.780. The van der Waals surface area contributed by atoms with E-state index in [1.165, 1.54) is 24.3 Å². The van der Waals surface area contributed by atoms with Gasteiger partial charge in [0.1, 0.15) is 177 Å². The van der Waals surface area contributed by atoms with Gasteiger partial charge in [-0.1, -0.05) is 12.1 Å². The summed E-state index contributed by atoms with van der Waals surface area (Å²) < 4.78 is 81.7. The molecule has 0 unspecified atom stereocenters. The van der Waals surface area contributed by atoms with Gasteiger partial charge in [-0.25, -0.2) is 0 Å². The lowest BCUT2D eigenvalue weighted by molar-refractivity contribution is -0.396. The lowest BCUT2D eigenvalue weighted by atomic mass is 9.95. The monoisotopic (exact) mass is 1430 g/mol. The van der Waals surface area contributed by atoms with E-state index in [0.717, 1.165) is 0 Å². The summed E-state index contributed by atoms with van der Waals surface area (Å²) in [5.41, 5.74) is 0.890. The number of hydrogen-bond donors (Lipinski definition) is 23. The SMILES string of the molecule is O=C(NCCCCNC[C@H]1O[C@@H]2O[C@H]3[C@H](O)[C@@H](O)[C@@H](O[C@H]4[C@H](O)[C@@H](O)[C@@H](O[C@H]5[C@H](O)[C@@H](O)[C@@H](O[C@H]6[C@H](O)[C@@H](O)[C@@H](O[C@H]7[C@H](O)[C@@H](O)[C@@H](O[C@H]8[C@H](O)[C@@H](O)[C@@H](O[C@H]1[C@H](O)[C@H]2O)O[C@@H]8CO)O[C@@H]7CO)O[C@@H]6CO)O[C@@H]5CO)O[C@@H]4CO)O[C@@H]3CO)c1ccccc1N=Nc1ccc(O)cc1. The van der Waals surface area contributed by atoms with Crippen molar-refractivity contribution in [3.05, 3.63) is 54.1 Å². The number of nitrogens with one attached hydrogen (secondary N) is 2. The van der Waals surface area contributed by atoms with Crippen molar-refractivity contribution in [2.45, 2.75) is 228 Å². The Bertz CT molecular complexity index is 2850. The van der Waals surface area contributed by atoms with Crippen LogP contribution in [0, 0.1) is 0 Å². The van der Waals surface area contributed by atoms with Crippen molar-refractivity contribution >= 4 is 17.3 Å². The van der Waals surface area contributed by atoms with Gasteiger partial charge in [0, 0.05) is 13.1 Å². The Morgan fingerprint density at radius 3 is 0.909 bits per heavy atom. The number of ether oxygens (including phenoxy) is 14. The number of amides is 1. The molecule has 23 rings (SSSR count). The molecule has 2 aromatic rings. The van der Waals surface area contributed by atoms with Crippen molar-refractivity contribution in [1.82, 2.24) is 10.6 Å². The van der Waals surface area contributed by atoms with Gasteiger partial charge in [-0.15, -0.1) is 5.11 Å². The molecule has 40 heteroatoms. The Balaban J connectivity index is 0.885. The van der Waals surface area contributed by atoms with Crippen molar-refractivity contribution in [1.29, 1.82) is 0 Å². The van der Waals surface area contributed by atoms with E-state index in [2.05, 4.69) is 20.9 Å². The van der Waals surface area contributed by atoms with Crippen LogP contribution in [-0.2, 0) is 66.3 Å². The van der Waals surface area contributed by atoms with Crippen LogP contribution in [0.2, 0.25) is 0 Å². The number of azo groups is 1. The zero-order valence-corrected chi connectivity index (χ0v) is 52.5. The molecule has 21 fully saturated rings. The van der Waals surface area contributed by atoms with Crippen LogP contribution in [-0.4, -0.2) is 387 Å². The minimum atomic E-state index is -2.23. The number of carbonyl (C=O) groups is 1. The lowest BCUT2D eigenvalue weighted by Crippen LogP contribution is -2.68. The zero-order valence-electron chi connectivity index (χ0n) is 52.5. The van der Waals surface area contributed by atoms with Gasteiger partial charge < -0.3 is 184 Å². The Morgan fingerprint density at radius 2 is 0.606 bits per heavy atom. The molecule has 35 atom stereocenters. The molecular formula is C59H88N4O36. The third-order valence-electron chi connectivity index (χ3n) is 18.3. The Morgan fingerprint density at radius 1 is 0.333 bits per heavy atom. The summed E-state index contributed by atoms with van der Waals surface area (Å²) in [5.74, 6) is -0.443. The molecule has 2 aromatic carbocycles. The van der Waals surface area contributed by atoms with Gasteiger partial charge in [0.2, 0.25) is 0 Å². The topological polar surface area (TPSA) is 620 Å². The first-order chi connectivity index (χ1) is 47.4. The second-order valence-corrected chi connectivity index (χ2v) is 24.9. The molecule has 21 aliphatic rings. The molecule has 21 heterocycles. The molecular weight excluding hydrogens is 1340 g/mol. The van der Waals surface area contributed by atoms with Crippen LogP contribution in [0.15, 0.2) is 58.8 Å². The van der Waals surface area contributed by atoms with Crippen LogP contribution in [0.5, 0.6) is 5.75 Å². The predicted molar refractivity (Wildman–Crippen MR) is 315 cm³/mol. The molecule has 21 aliphatic heterocycles. The minimum absolute atomic E-state index is 0.0282. The quantitative estimate of drug-likeness (QED) is 0.0548. The number of phenolic OH excluding ortho intramolecular Hbond substituents is 1. The van der Waals surface area contributed by atoms with Gasteiger partial charge in [0.05, 0.1) is 56.6 Å². The molecule has 23 N–H and O–H groups in total. The first-order valence-corrected chi connectivity index (χ1v) is 32.1. The normalized spacial score (nSPS) is 45.6. The van der Waals surface area contributed by atoms with Gasteiger partial charge in [-0.2, -0.15) is 5.11 Å². The zero-order chi connectivity index (χ0) is 71.3. The Kier molecular flexibility index (Phi) is 27.1. The van der Waals surface area contributed by atoms with Crippen LogP contribution in [0.4, 0.5) is 11.4 Å². The summed E-state index contributed by atoms with van der Waals surface area (Å²) in [6, 6.07) is 12.4. The average Bonchev–Trinajstić information content (AvgIpc) is 0.789. The predicted octanol–water partition coefficient (Wildman–Crippen LogP) is -11.3. The van der Waals surface area contributed by atoms with Crippen molar-refractivity contribution in [2.24, 2.45) is 10.2 Å². The molecule has 0 radical (unpaired) electrons. The van der Waals surface area contributed by atoms with E-state index >= 15 is 0 Å². The number of hydrogen-bond acceptors (Lipinski definition) is 39. The lowest BCUT2D eigenvalue weighted by Gasteiger charge is -2.50. The Hall–Kier alpha value is -4.09. The highest BCUT2D eigenvalue weighted by atomic mass is 16.8. The minimum Gasteiger partial charge on any atom is -0.508 e. The van der Waals surface area contributed by atoms with E-state index < -0.39 is 260 Å². The van der Waals surface area contributed by atoms with E-state index in [1.807, 2.05) is 0 Å². The summed E-state index contributed by atoms with van der Waals surface area (Å²) in [4.78, 5) is 13.3. The van der Waals surface area contributed by atoms with E-state index in [4.69, 9.17) is 66.3 Å². The van der Waals surface area contributed by atoms with Crippen LogP contribution < -0.4 is 10.6 Å². The first kappa shape index (κ1) is 77.5. The summed E-state index contributed by atoms with van der Waals surface area (Å²) in [5, 5.41) is 249. The molecule has 1 amide bonds. The highest BCUT2D eigenvalue weighted by Gasteiger charge is 2.60. The summed E-state index contributed by atoms with van der Waals surface area (Å²) >= 11 is 0. The van der Waals surface area contributed by atoms with Crippen molar-refractivity contribution in [2.75, 3.05) is 59.3 Å². The number of aromatic hydroxyl groups is 1. The molecule has 0 saturated carbocycles. The molecule has 14 bridgehead atoms. The highest BCUT2D eigenvalue weighted by Crippen LogP contribution is 2.39. The third-order valence-corrected chi connectivity index (χ3v) is 18.3. The Labute approximate surface area is 562 Å². The fourth-order valence-electron chi connectivity index (χ4n) is 12.7. The molecule has 0 aromatic heterocycles. The summed E-state index contributed by atoms with van der Waals surface area (Å²) in [6.45, 7) is -6.40. The van der Waals surface area contributed by atoms with Crippen LogP contribution in [0.3, 0.4) is 0 Å². The summed E-state index contributed by atoms with van der Waals surface area (Å²) in [7, 11) is 0. The number of phenols is 1. The van der Waals surface area contributed by atoms with E-state index in [9.17, 15) is 112 Å². The highest BCUT2D eigenvalue weighted by molar-refractivity contribution is 5.98. The molecule has 0 aliphatic carbocycles. The van der Waals surface area contributed by atoms with Crippen LogP contribution in [0.25, 0.3) is 0 Å². The second kappa shape index (κ2) is 34.7. The van der Waals surface area contributed by atoms with Crippen LogP contribution >= 0.6 is 0 Å². The second-order valence-electron chi connectivity index (χ2n) is 24.9. The maximum atomic E-state index is 13.3. The number of aliphatic hydroxyl groups is 20. The number of benzene rings is 2. The molecule has 21 saturated heterocycles. The molecule has 560 valence electrons. The first-order valence-electron chi connectivity index (χ1n) is 32.1.